The van der Waals surface area contributed by atoms with Crippen LogP contribution in [0.25, 0.3) is 16.9 Å². The van der Waals surface area contributed by atoms with Crippen LogP contribution in [0.3, 0.4) is 0 Å². The number of benzene rings is 1. The van der Waals surface area contributed by atoms with Gasteiger partial charge in [0, 0.05) is 35.0 Å². The van der Waals surface area contributed by atoms with Crippen molar-refractivity contribution >= 4 is 40.1 Å². The lowest BCUT2D eigenvalue weighted by Gasteiger charge is -2.10. The lowest BCUT2D eigenvalue weighted by molar-refractivity contribution is 0.276. The molecule has 0 aliphatic carbocycles. The molecule has 0 bridgehead atoms. The molecule has 0 fully saturated rings. The summed E-state index contributed by atoms with van der Waals surface area (Å²) in [6.45, 7) is 4.07. The van der Waals surface area contributed by atoms with E-state index in [9.17, 15) is 14.7 Å². The van der Waals surface area contributed by atoms with Crippen molar-refractivity contribution in [1.29, 1.82) is 0 Å². The molecule has 1 aromatic carbocycles. The Morgan fingerprint density at radius 1 is 1.10 bits per heavy atom. The van der Waals surface area contributed by atoms with E-state index >= 15 is 0 Å². The SMILES string of the molecule is Cc1c(C)n2c3c(=O)n(Cc4ccc(Cl)cc4Cl)c(=O)n(C)c3nc2n1CCO. The lowest BCUT2D eigenvalue weighted by Crippen LogP contribution is -2.39. The van der Waals surface area contributed by atoms with Crippen LogP contribution in [0.1, 0.15) is 17.0 Å². The quantitative estimate of drug-likeness (QED) is 0.531. The molecule has 0 spiro atoms. The molecule has 0 unspecified atom stereocenters. The van der Waals surface area contributed by atoms with Crippen molar-refractivity contribution in [3.63, 3.8) is 0 Å². The van der Waals surface area contributed by atoms with E-state index in [-0.39, 0.29) is 13.2 Å². The van der Waals surface area contributed by atoms with Crippen LogP contribution < -0.4 is 11.2 Å². The molecule has 29 heavy (non-hydrogen) atoms. The van der Waals surface area contributed by atoms with Crippen molar-refractivity contribution in [1.82, 2.24) is 23.1 Å². The minimum atomic E-state index is -0.489. The summed E-state index contributed by atoms with van der Waals surface area (Å²) >= 11 is 12.2. The summed E-state index contributed by atoms with van der Waals surface area (Å²) in [7, 11) is 1.58. The zero-order valence-corrected chi connectivity index (χ0v) is 17.6. The molecule has 4 rings (SSSR count). The number of aliphatic hydroxyl groups excluding tert-OH is 1. The van der Waals surface area contributed by atoms with Gasteiger partial charge in [0.15, 0.2) is 11.2 Å². The topological polar surface area (TPSA) is 86.5 Å². The maximum atomic E-state index is 13.4. The standard InChI is InChI=1S/C19H19Cl2N5O3/c1-10-11(2)26-15-16(22-18(26)24(10)6-7-27)23(3)19(29)25(17(15)28)9-12-4-5-13(20)8-14(12)21/h4-5,8,27H,6-7,9H2,1-3H3. The van der Waals surface area contributed by atoms with E-state index in [1.54, 1.807) is 29.6 Å². The molecule has 0 aliphatic rings. The second-order valence-electron chi connectivity index (χ2n) is 6.93. The van der Waals surface area contributed by atoms with Gasteiger partial charge in [-0.05, 0) is 31.5 Å². The van der Waals surface area contributed by atoms with Crippen molar-refractivity contribution in [2.75, 3.05) is 6.61 Å². The van der Waals surface area contributed by atoms with Crippen LogP contribution in [0.4, 0.5) is 0 Å². The minimum absolute atomic E-state index is 0.0139. The number of hydrogen-bond acceptors (Lipinski definition) is 4. The van der Waals surface area contributed by atoms with Crippen molar-refractivity contribution in [2.45, 2.75) is 26.9 Å². The molecule has 0 saturated heterocycles. The maximum Gasteiger partial charge on any atom is 0.332 e. The molecule has 8 nitrogen and oxygen atoms in total. The molecule has 0 saturated carbocycles. The first-order valence-electron chi connectivity index (χ1n) is 8.98. The molecule has 152 valence electrons. The van der Waals surface area contributed by atoms with Gasteiger partial charge in [0.1, 0.15) is 0 Å². The third-order valence-corrected chi connectivity index (χ3v) is 5.88. The van der Waals surface area contributed by atoms with Crippen molar-refractivity contribution in [3.8, 4) is 0 Å². The van der Waals surface area contributed by atoms with E-state index in [1.165, 1.54) is 4.57 Å². The highest BCUT2D eigenvalue weighted by Gasteiger charge is 2.22. The highest BCUT2D eigenvalue weighted by molar-refractivity contribution is 6.35. The van der Waals surface area contributed by atoms with E-state index in [0.717, 1.165) is 16.0 Å². The number of halogens is 2. The minimum Gasteiger partial charge on any atom is -0.395 e. The Morgan fingerprint density at radius 2 is 1.83 bits per heavy atom. The molecule has 3 aromatic heterocycles. The molecule has 10 heteroatoms. The average molecular weight is 436 g/mol. The fraction of sp³-hybridized carbons (Fsp3) is 0.316. The van der Waals surface area contributed by atoms with Gasteiger partial charge in [-0.3, -0.25) is 18.3 Å². The van der Waals surface area contributed by atoms with Crippen molar-refractivity contribution in [3.05, 3.63) is 66.0 Å². The largest absolute Gasteiger partial charge is 0.395 e. The van der Waals surface area contributed by atoms with E-state index < -0.39 is 11.2 Å². The van der Waals surface area contributed by atoms with E-state index in [2.05, 4.69) is 4.98 Å². The zero-order chi connectivity index (χ0) is 21.0. The van der Waals surface area contributed by atoms with Gasteiger partial charge in [-0.15, -0.1) is 0 Å². The summed E-state index contributed by atoms with van der Waals surface area (Å²) in [5.74, 6) is 0.512. The molecule has 1 N–H and O–H groups in total. The summed E-state index contributed by atoms with van der Waals surface area (Å²) in [4.78, 5) is 30.8. The smallest absolute Gasteiger partial charge is 0.332 e. The summed E-state index contributed by atoms with van der Waals surface area (Å²) < 4.78 is 6.07. The highest BCUT2D eigenvalue weighted by atomic mass is 35.5. The van der Waals surface area contributed by atoms with E-state index in [4.69, 9.17) is 23.2 Å². The molecule has 4 aromatic rings. The van der Waals surface area contributed by atoms with E-state index in [1.807, 2.05) is 18.4 Å². The maximum absolute atomic E-state index is 13.4. The van der Waals surface area contributed by atoms with Gasteiger partial charge in [0.2, 0.25) is 5.78 Å². The highest BCUT2D eigenvalue weighted by Crippen LogP contribution is 2.22. The number of fused-ring (bicyclic) bond motifs is 3. The Hall–Kier alpha value is -2.55. The summed E-state index contributed by atoms with van der Waals surface area (Å²) in [6, 6.07) is 4.93. The van der Waals surface area contributed by atoms with Crippen molar-refractivity contribution < 1.29 is 5.11 Å². The number of imidazole rings is 2. The first kappa shape index (κ1) is 19.8. The van der Waals surface area contributed by atoms with Gasteiger partial charge in [0.25, 0.3) is 5.56 Å². The summed E-state index contributed by atoms with van der Waals surface area (Å²) in [5.41, 5.74) is 1.99. The normalized spacial score (nSPS) is 11.8. The second kappa shape index (κ2) is 7.05. The molecule has 0 amide bonds. The van der Waals surface area contributed by atoms with Crippen LogP contribution in [-0.4, -0.2) is 34.8 Å². The third-order valence-electron chi connectivity index (χ3n) is 5.30. The number of aliphatic hydroxyl groups is 1. The van der Waals surface area contributed by atoms with Crippen LogP contribution in [0, 0.1) is 13.8 Å². The fourth-order valence-corrected chi connectivity index (χ4v) is 4.11. The fourth-order valence-electron chi connectivity index (χ4n) is 3.64. The number of aromatic nitrogens is 5. The van der Waals surface area contributed by atoms with Gasteiger partial charge in [0.05, 0.1) is 13.2 Å². The third kappa shape index (κ3) is 2.90. The Kier molecular flexibility index (Phi) is 4.80. The van der Waals surface area contributed by atoms with Gasteiger partial charge >= 0.3 is 5.69 Å². The van der Waals surface area contributed by atoms with E-state index in [0.29, 0.717) is 39.1 Å². The van der Waals surface area contributed by atoms with Crippen LogP contribution in [-0.2, 0) is 20.1 Å². The predicted molar refractivity (Wildman–Crippen MR) is 112 cm³/mol. The molecular formula is C19H19Cl2N5O3. The summed E-state index contributed by atoms with van der Waals surface area (Å²) in [5, 5.41) is 10.2. The van der Waals surface area contributed by atoms with Gasteiger partial charge in [-0.1, -0.05) is 29.3 Å². The van der Waals surface area contributed by atoms with Crippen LogP contribution in [0.15, 0.2) is 27.8 Å². The van der Waals surface area contributed by atoms with Crippen LogP contribution >= 0.6 is 23.2 Å². The van der Waals surface area contributed by atoms with Crippen LogP contribution in [0.2, 0.25) is 10.0 Å². The monoisotopic (exact) mass is 435 g/mol. The molecule has 0 atom stereocenters. The molecular weight excluding hydrogens is 417 g/mol. The second-order valence-corrected chi connectivity index (χ2v) is 7.78. The molecule has 3 heterocycles. The Balaban J connectivity index is 2.05. The zero-order valence-electron chi connectivity index (χ0n) is 16.1. The average Bonchev–Trinajstić information content (AvgIpc) is 3.17. The first-order chi connectivity index (χ1) is 13.8. The van der Waals surface area contributed by atoms with Gasteiger partial charge < -0.3 is 9.67 Å². The van der Waals surface area contributed by atoms with Gasteiger partial charge in [-0.25, -0.2) is 4.79 Å². The Morgan fingerprint density at radius 3 is 2.48 bits per heavy atom. The van der Waals surface area contributed by atoms with Gasteiger partial charge in [-0.2, -0.15) is 4.98 Å². The molecule has 0 radical (unpaired) electrons. The lowest BCUT2D eigenvalue weighted by atomic mass is 10.2. The summed E-state index contributed by atoms with van der Waals surface area (Å²) in [6.07, 6.45) is 0. The number of nitrogens with zero attached hydrogens (tertiary/aromatic N) is 5. The Labute approximate surface area is 175 Å². The molecule has 0 aliphatic heterocycles. The van der Waals surface area contributed by atoms with Crippen molar-refractivity contribution in [2.24, 2.45) is 7.05 Å². The number of rotatable bonds is 4. The number of aryl methyl sites for hydroxylation is 2. The number of hydrogen-bond donors (Lipinski definition) is 1. The predicted octanol–water partition coefficient (Wildman–Crippen LogP) is 2.11. The van der Waals surface area contributed by atoms with Crippen LogP contribution in [0.5, 0.6) is 0 Å². The Bertz CT molecular complexity index is 1390. The first-order valence-corrected chi connectivity index (χ1v) is 9.74.